The molecule has 7 nitrogen and oxygen atoms in total. The Kier molecular flexibility index (Phi) is 6.55. The second-order valence-corrected chi connectivity index (χ2v) is 7.17. The van der Waals surface area contributed by atoms with Gasteiger partial charge < -0.3 is 25.0 Å². The molecule has 3 rings (SSSR count). The van der Waals surface area contributed by atoms with Gasteiger partial charge in [0, 0.05) is 45.4 Å². The molecular formula is C20H26F3N5O2. The van der Waals surface area contributed by atoms with Crippen LogP contribution >= 0.6 is 0 Å². The van der Waals surface area contributed by atoms with Gasteiger partial charge in [0.15, 0.2) is 5.96 Å². The zero-order valence-electron chi connectivity index (χ0n) is 16.9. The Morgan fingerprint density at radius 2 is 2.10 bits per heavy atom. The highest BCUT2D eigenvalue weighted by Gasteiger charge is 2.57. The number of halogens is 3. The van der Waals surface area contributed by atoms with E-state index in [1.807, 2.05) is 31.2 Å². The first-order valence-corrected chi connectivity index (χ1v) is 9.78. The van der Waals surface area contributed by atoms with Gasteiger partial charge >= 0.3 is 6.18 Å². The van der Waals surface area contributed by atoms with Crippen molar-refractivity contribution in [2.75, 3.05) is 19.6 Å². The summed E-state index contributed by atoms with van der Waals surface area (Å²) in [5, 5.41) is 16.3. The van der Waals surface area contributed by atoms with Crippen LogP contribution in [0, 0.1) is 0 Å². The molecule has 0 saturated heterocycles. The summed E-state index contributed by atoms with van der Waals surface area (Å²) in [6, 6.07) is 7.75. The fourth-order valence-corrected chi connectivity index (χ4v) is 3.40. The number of guanidine groups is 1. The number of fused-ring (bicyclic) bond motifs is 1. The van der Waals surface area contributed by atoms with Gasteiger partial charge in [-0.2, -0.15) is 13.2 Å². The second-order valence-electron chi connectivity index (χ2n) is 7.17. The Bertz CT molecular complexity index is 858. The molecule has 10 heteroatoms. The van der Waals surface area contributed by atoms with Crippen molar-refractivity contribution < 1.29 is 23.0 Å². The van der Waals surface area contributed by atoms with Crippen molar-refractivity contribution >= 4 is 5.96 Å². The van der Waals surface area contributed by atoms with Crippen LogP contribution in [0.1, 0.15) is 24.7 Å². The molecule has 0 radical (unpaired) electrons. The molecule has 0 aliphatic carbocycles. The summed E-state index contributed by atoms with van der Waals surface area (Å²) in [5.41, 5.74) is -1.95. The second kappa shape index (κ2) is 8.95. The molecule has 2 unspecified atom stereocenters. The minimum atomic E-state index is -4.87. The number of imidazole rings is 1. The van der Waals surface area contributed by atoms with Crippen molar-refractivity contribution in [3.05, 3.63) is 48.0 Å². The average Bonchev–Trinajstić information content (AvgIpc) is 3.30. The van der Waals surface area contributed by atoms with E-state index in [-0.39, 0.29) is 12.6 Å². The van der Waals surface area contributed by atoms with Crippen LogP contribution in [0.25, 0.3) is 0 Å². The molecule has 30 heavy (non-hydrogen) atoms. The van der Waals surface area contributed by atoms with Gasteiger partial charge in [-0.25, -0.2) is 9.98 Å². The number of nitrogens with zero attached hydrogens (tertiary/aromatic N) is 3. The Morgan fingerprint density at radius 1 is 1.33 bits per heavy atom. The molecule has 0 saturated carbocycles. The third-order valence-electron chi connectivity index (χ3n) is 4.95. The van der Waals surface area contributed by atoms with E-state index in [1.54, 1.807) is 0 Å². The van der Waals surface area contributed by atoms with Crippen LogP contribution in [0.15, 0.2) is 41.7 Å². The topological polar surface area (TPSA) is 83.7 Å². The highest BCUT2D eigenvalue weighted by Crippen LogP contribution is 2.40. The van der Waals surface area contributed by atoms with Gasteiger partial charge in [-0.05, 0) is 18.6 Å². The number of ether oxygens (including phenoxy) is 1. The Hall–Kier alpha value is -2.75. The summed E-state index contributed by atoms with van der Waals surface area (Å²) in [6.07, 6.45) is -2.29. The van der Waals surface area contributed by atoms with Crippen LogP contribution in [0.5, 0.6) is 5.75 Å². The van der Waals surface area contributed by atoms with Crippen molar-refractivity contribution in [3.8, 4) is 5.75 Å². The number of hydrogen-bond acceptors (Lipinski definition) is 4. The van der Waals surface area contributed by atoms with Gasteiger partial charge in [0.2, 0.25) is 5.60 Å². The average molecular weight is 425 g/mol. The standard InChI is InChI=1S/C20H26F3N5O2/c1-3-24-18(27-13-15-12-14-6-4-5-7-16(14)30-15)26-9-8-19(29,20(21,22)23)17-25-10-11-28(17)2/h4-7,10-11,15,29H,3,8-9,12-13H2,1-2H3,(H2,24,26,27). The molecular weight excluding hydrogens is 399 g/mol. The van der Waals surface area contributed by atoms with Crippen molar-refractivity contribution in [3.63, 3.8) is 0 Å². The number of aromatic nitrogens is 2. The van der Waals surface area contributed by atoms with Crippen LogP contribution in [0.4, 0.5) is 13.2 Å². The fraction of sp³-hybridized carbons (Fsp3) is 0.500. The highest BCUT2D eigenvalue weighted by molar-refractivity contribution is 5.79. The van der Waals surface area contributed by atoms with E-state index >= 15 is 0 Å². The summed E-state index contributed by atoms with van der Waals surface area (Å²) in [5.74, 6) is 0.748. The molecule has 2 atom stereocenters. The molecule has 1 aliphatic rings. The van der Waals surface area contributed by atoms with Gasteiger partial charge in [0.05, 0.1) is 6.54 Å². The number of aliphatic hydroxyl groups is 1. The minimum absolute atomic E-state index is 0.127. The Labute approximate surface area is 173 Å². The molecule has 1 aliphatic heterocycles. The molecule has 2 heterocycles. The number of benzene rings is 1. The quantitative estimate of drug-likeness (QED) is 0.468. The van der Waals surface area contributed by atoms with E-state index in [0.717, 1.165) is 17.7 Å². The van der Waals surface area contributed by atoms with Gasteiger partial charge in [0.25, 0.3) is 0 Å². The van der Waals surface area contributed by atoms with Crippen LogP contribution in [-0.4, -0.2) is 52.5 Å². The number of para-hydroxylation sites is 1. The maximum absolute atomic E-state index is 13.6. The van der Waals surface area contributed by atoms with E-state index in [9.17, 15) is 18.3 Å². The van der Waals surface area contributed by atoms with Crippen LogP contribution < -0.4 is 15.4 Å². The van der Waals surface area contributed by atoms with E-state index in [4.69, 9.17) is 4.74 Å². The SMILES string of the molecule is CCNC(=NCC1Cc2ccccc2O1)NCCC(O)(c1nccn1C)C(F)(F)F. The van der Waals surface area contributed by atoms with Gasteiger partial charge in [-0.1, -0.05) is 18.2 Å². The molecule has 3 N–H and O–H groups in total. The lowest BCUT2D eigenvalue weighted by atomic mass is 9.97. The molecule has 164 valence electrons. The van der Waals surface area contributed by atoms with Crippen molar-refractivity contribution in [1.29, 1.82) is 0 Å². The molecule has 0 bridgehead atoms. The van der Waals surface area contributed by atoms with Crippen molar-refractivity contribution in [1.82, 2.24) is 20.2 Å². The predicted molar refractivity (Wildman–Crippen MR) is 106 cm³/mol. The molecule has 0 fully saturated rings. The van der Waals surface area contributed by atoms with Crippen LogP contribution in [-0.2, 0) is 19.1 Å². The number of aliphatic imine (C=N–C) groups is 1. The number of nitrogens with one attached hydrogen (secondary N) is 2. The molecule has 2 aromatic rings. The maximum Gasteiger partial charge on any atom is 0.424 e. The number of hydrogen-bond donors (Lipinski definition) is 3. The lowest BCUT2D eigenvalue weighted by Crippen LogP contribution is -2.48. The summed E-state index contributed by atoms with van der Waals surface area (Å²) in [4.78, 5) is 8.13. The normalized spacial score (nSPS) is 18.5. The van der Waals surface area contributed by atoms with Crippen molar-refractivity contribution in [2.24, 2.45) is 12.0 Å². The lowest BCUT2D eigenvalue weighted by molar-refractivity contribution is -0.272. The highest BCUT2D eigenvalue weighted by atomic mass is 19.4. The van der Waals surface area contributed by atoms with Gasteiger partial charge in [-0.15, -0.1) is 0 Å². The third kappa shape index (κ3) is 4.69. The number of rotatable bonds is 7. The summed E-state index contributed by atoms with van der Waals surface area (Å²) < 4.78 is 47.8. The summed E-state index contributed by atoms with van der Waals surface area (Å²) in [7, 11) is 1.41. The first-order chi connectivity index (χ1) is 14.2. The number of aryl methyl sites for hydroxylation is 1. The first-order valence-electron chi connectivity index (χ1n) is 9.78. The lowest BCUT2D eigenvalue weighted by Gasteiger charge is -2.30. The third-order valence-corrected chi connectivity index (χ3v) is 4.95. The molecule has 1 aromatic heterocycles. The minimum Gasteiger partial charge on any atom is -0.488 e. The maximum atomic E-state index is 13.6. The largest absolute Gasteiger partial charge is 0.488 e. The van der Waals surface area contributed by atoms with Crippen LogP contribution in [0.3, 0.4) is 0 Å². The summed E-state index contributed by atoms with van der Waals surface area (Å²) >= 11 is 0. The Balaban J connectivity index is 1.61. The summed E-state index contributed by atoms with van der Waals surface area (Å²) in [6.45, 7) is 2.60. The molecule has 0 spiro atoms. The van der Waals surface area contributed by atoms with E-state index < -0.39 is 24.0 Å². The smallest absolute Gasteiger partial charge is 0.424 e. The zero-order valence-corrected chi connectivity index (χ0v) is 16.9. The number of alkyl halides is 3. The van der Waals surface area contributed by atoms with Gasteiger partial charge in [-0.3, -0.25) is 0 Å². The molecule has 1 aromatic carbocycles. The fourth-order valence-electron chi connectivity index (χ4n) is 3.40. The van der Waals surface area contributed by atoms with E-state index in [2.05, 4.69) is 20.6 Å². The Morgan fingerprint density at radius 3 is 2.73 bits per heavy atom. The van der Waals surface area contributed by atoms with E-state index in [1.165, 1.54) is 24.0 Å². The first kappa shape index (κ1) is 21.9. The van der Waals surface area contributed by atoms with E-state index in [0.29, 0.717) is 19.0 Å². The van der Waals surface area contributed by atoms with Crippen molar-refractivity contribution in [2.45, 2.75) is 37.6 Å². The molecule has 0 amide bonds. The predicted octanol–water partition coefficient (Wildman–Crippen LogP) is 2.12. The van der Waals surface area contributed by atoms with Gasteiger partial charge in [0.1, 0.15) is 17.7 Å². The zero-order chi connectivity index (χ0) is 21.8. The monoisotopic (exact) mass is 425 g/mol. The van der Waals surface area contributed by atoms with Crippen LogP contribution in [0.2, 0.25) is 0 Å².